The van der Waals surface area contributed by atoms with E-state index in [9.17, 15) is 13.2 Å². The minimum atomic E-state index is -4.03. The fourth-order valence-corrected chi connectivity index (χ4v) is 2.31. The molecular formula is C9H19N3O4S2. The van der Waals surface area contributed by atoms with E-state index in [1.807, 2.05) is 6.92 Å². The number of ether oxygens (including phenoxy) is 1. The van der Waals surface area contributed by atoms with E-state index >= 15 is 0 Å². The van der Waals surface area contributed by atoms with E-state index < -0.39 is 28.4 Å². The van der Waals surface area contributed by atoms with Crippen molar-refractivity contribution < 1.29 is 17.9 Å². The molecule has 0 heterocycles. The van der Waals surface area contributed by atoms with Gasteiger partial charge in [-0.25, -0.2) is 9.52 Å². The van der Waals surface area contributed by atoms with Gasteiger partial charge in [-0.2, -0.15) is 13.1 Å². The number of hydrogen-bond donors (Lipinski definition) is 3. The van der Waals surface area contributed by atoms with Crippen molar-refractivity contribution in [2.75, 3.05) is 0 Å². The fraction of sp³-hybridized carbons (Fsp3) is 0.778. The summed E-state index contributed by atoms with van der Waals surface area (Å²) < 4.78 is 31.7. The zero-order valence-corrected chi connectivity index (χ0v) is 12.2. The molecular weight excluding hydrogens is 278 g/mol. The summed E-state index contributed by atoms with van der Waals surface area (Å²) in [5.41, 5.74) is 5.40. The van der Waals surface area contributed by atoms with Gasteiger partial charge in [0.1, 0.15) is 0 Å². The van der Waals surface area contributed by atoms with Crippen LogP contribution in [0, 0.1) is 0 Å². The molecule has 4 N–H and O–H groups in total. The first-order valence-electron chi connectivity index (χ1n) is 5.48. The number of hydrogen-bond acceptors (Lipinski definition) is 5. The van der Waals surface area contributed by atoms with Gasteiger partial charge < -0.3 is 10.5 Å². The number of nitrogens with two attached hydrogens (primary N) is 1. The smallest absolute Gasteiger partial charge is 0.422 e. The Labute approximate surface area is 113 Å². The molecule has 106 valence electrons. The van der Waals surface area contributed by atoms with Crippen molar-refractivity contribution in [1.29, 1.82) is 0 Å². The second-order valence-corrected chi connectivity index (χ2v) is 5.84. The molecule has 0 radical (unpaired) electrons. The molecule has 0 bridgehead atoms. The third-order valence-corrected chi connectivity index (χ3v) is 3.09. The number of rotatable bonds is 7. The van der Waals surface area contributed by atoms with Gasteiger partial charge in [-0.3, -0.25) is 0 Å². The lowest BCUT2D eigenvalue weighted by atomic mass is 10.2. The van der Waals surface area contributed by atoms with E-state index in [0.29, 0.717) is 12.8 Å². The Balaban J connectivity index is 4.54. The molecule has 0 aliphatic rings. The maximum atomic E-state index is 11.6. The van der Waals surface area contributed by atoms with Crippen molar-refractivity contribution in [1.82, 2.24) is 9.44 Å². The van der Waals surface area contributed by atoms with Crippen LogP contribution in [0.5, 0.6) is 0 Å². The molecule has 0 aliphatic carbocycles. The average molecular weight is 297 g/mol. The largest absolute Gasteiger partial charge is 0.446 e. The maximum absolute atomic E-state index is 11.6. The van der Waals surface area contributed by atoms with Gasteiger partial charge in [0, 0.05) is 0 Å². The lowest BCUT2D eigenvalue weighted by molar-refractivity contribution is 0.121. The van der Waals surface area contributed by atoms with Crippen LogP contribution in [0.2, 0.25) is 0 Å². The highest BCUT2D eigenvalue weighted by molar-refractivity contribution is 7.88. The quantitative estimate of drug-likeness (QED) is 0.587. The van der Waals surface area contributed by atoms with Crippen LogP contribution in [0.1, 0.15) is 33.6 Å². The molecule has 1 atom stereocenters. The van der Waals surface area contributed by atoms with Crippen LogP contribution in [0.4, 0.5) is 4.79 Å². The molecule has 0 aliphatic heterocycles. The molecule has 0 aromatic heterocycles. The molecule has 0 rings (SSSR count). The number of carbonyl (C=O) groups excluding carboxylic acids is 1. The predicted molar refractivity (Wildman–Crippen MR) is 72.3 cm³/mol. The van der Waals surface area contributed by atoms with E-state index in [0.717, 1.165) is 0 Å². The Morgan fingerprint density at radius 3 is 2.39 bits per heavy atom. The molecule has 0 aromatic carbocycles. The van der Waals surface area contributed by atoms with Crippen molar-refractivity contribution in [3.63, 3.8) is 0 Å². The van der Waals surface area contributed by atoms with Crippen molar-refractivity contribution in [2.45, 2.75) is 45.8 Å². The lowest BCUT2D eigenvalue weighted by Crippen LogP contribution is -2.49. The minimum absolute atomic E-state index is 0.0273. The molecule has 18 heavy (non-hydrogen) atoms. The maximum Gasteiger partial charge on any atom is 0.422 e. The summed E-state index contributed by atoms with van der Waals surface area (Å²) in [6.07, 6.45) is -0.311. The van der Waals surface area contributed by atoms with Gasteiger partial charge in [-0.05, 0) is 20.3 Å². The van der Waals surface area contributed by atoms with Crippen LogP contribution in [0.3, 0.4) is 0 Å². The Bertz CT molecular complexity index is 395. The van der Waals surface area contributed by atoms with Crippen LogP contribution >= 0.6 is 12.2 Å². The third kappa shape index (κ3) is 7.41. The molecule has 1 unspecified atom stereocenters. The van der Waals surface area contributed by atoms with Crippen LogP contribution in [0.25, 0.3) is 0 Å². The van der Waals surface area contributed by atoms with Gasteiger partial charge in [0.2, 0.25) is 0 Å². The van der Waals surface area contributed by atoms with Gasteiger partial charge in [0.05, 0.1) is 17.1 Å². The second kappa shape index (κ2) is 7.49. The van der Waals surface area contributed by atoms with Crippen LogP contribution in [-0.4, -0.2) is 31.6 Å². The van der Waals surface area contributed by atoms with Gasteiger partial charge in [0.25, 0.3) is 0 Å². The molecule has 1 amide bonds. The van der Waals surface area contributed by atoms with Crippen LogP contribution in [0.15, 0.2) is 0 Å². The summed E-state index contributed by atoms with van der Waals surface area (Å²) >= 11 is 4.74. The summed E-state index contributed by atoms with van der Waals surface area (Å²) in [5, 5.41) is 0. The van der Waals surface area contributed by atoms with Gasteiger partial charge in [-0.1, -0.05) is 25.6 Å². The van der Waals surface area contributed by atoms with Crippen molar-refractivity contribution in [3.05, 3.63) is 0 Å². The molecule has 0 saturated carbocycles. The molecule has 0 spiro atoms. The minimum Gasteiger partial charge on any atom is -0.446 e. The number of amides is 1. The summed E-state index contributed by atoms with van der Waals surface area (Å²) in [5.74, 6) is 0. The Kier molecular flexibility index (Phi) is 7.11. The summed E-state index contributed by atoms with van der Waals surface area (Å²) in [7, 11) is -4.03. The van der Waals surface area contributed by atoms with E-state index in [1.54, 1.807) is 18.6 Å². The van der Waals surface area contributed by atoms with E-state index in [4.69, 9.17) is 18.0 Å². The molecule has 7 nitrogen and oxygen atoms in total. The second-order valence-electron chi connectivity index (χ2n) is 3.92. The van der Waals surface area contributed by atoms with Crippen LogP contribution < -0.4 is 15.2 Å². The number of carbonyl (C=O) groups is 1. The van der Waals surface area contributed by atoms with E-state index in [1.165, 1.54) is 0 Å². The highest BCUT2D eigenvalue weighted by Crippen LogP contribution is 1.99. The monoisotopic (exact) mass is 297 g/mol. The number of thiocarbonyl (C=S) groups is 1. The average Bonchev–Trinajstić information content (AvgIpc) is 2.13. The molecule has 9 heteroatoms. The van der Waals surface area contributed by atoms with Gasteiger partial charge >= 0.3 is 16.3 Å². The number of nitrogens with one attached hydrogen (secondary N) is 2. The van der Waals surface area contributed by atoms with Crippen LogP contribution in [-0.2, 0) is 14.9 Å². The first-order valence-corrected chi connectivity index (χ1v) is 7.37. The lowest BCUT2D eigenvalue weighted by Gasteiger charge is -2.17. The Hall–Kier alpha value is -0.930. The zero-order valence-electron chi connectivity index (χ0n) is 10.6. The third-order valence-electron chi connectivity index (χ3n) is 1.78. The summed E-state index contributed by atoms with van der Waals surface area (Å²) in [6, 6.07) is -0.686. The summed E-state index contributed by atoms with van der Waals surface area (Å²) in [6.45, 7) is 5.07. The normalized spacial score (nSPS) is 13.1. The van der Waals surface area contributed by atoms with E-state index in [-0.39, 0.29) is 4.99 Å². The molecule has 0 aromatic rings. The molecule has 0 fully saturated rings. The van der Waals surface area contributed by atoms with Gasteiger partial charge in [-0.15, -0.1) is 0 Å². The fourth-order valence-electron chi connectivity index (χ4n) is 1.11. The topological polar surface area (TPSA) is 111 Å². The molecule has 0 saturated heterocycles. The highest BCUT2D eigenvalue weighted by Gasteiger charge is 2.22. The van der Waals surface area contributed by atoms with Gasteiger partial charge in [0.15, 0.2) is 0 Å². The van der Waals surface area contributed by atoms with Crippen molar-refractivity contribution in [3.8, 4) is 0 Å². The van der Waals surface area contributed by atoms with Crippen molar-refractivity contribution >= 4 is 33.5 Å². The SMILES string of the molecule is CCCC(NS(=O)(=O)NC(=O)OC(C)C)C(N)=S. The predicted octanol–water partition coefficient (Wildman–Crippen LogP) is 0.410. The highest BCUT2D eigenvalue weighted by atomic mass is 32.2. The summed E-state index contributed by atoms with van der Waals surface area (Å²) in [4.78, 5) is 11.2. The zero-order chi connectivity index (χ0) is 14.3. The standard InChI is InChI=1S/C9H19N3O4S2/c1-4-5-7(8(10)17)11-18(14,15)12-9(13)16-6(2)3/h6-7,11H,4-5H2,1-3H3,(H2,10,17)(H,12,13). The van der Waals surface area contributed by atoms with E-state index in [2.05, 4.69) is 9.46 Å². The van der Waals surface area contributed by atoms with Crippen molar-refractivity contribution in [2.24, 2.45) is 5.73 Å². The first kappa shape index (κ1) is 17.1. The Morgan fingerprint density at radius 2 is 2.00 bits per heavy atom. The Morgan fingerprint density at radius 1 is 1.44 bits per heavy atom. The first-order chi connectivity index (χ1) is 8.18.